The molecule has 3 aromatic carbocycles. The second kappa shape index (κ2) is 8.88. The zero-order chi connectivity index (χ0) is 20.3. The van der Waals surface area contributed by atoms with Crippen molar-refractivity contribution in [2.45, 2.75) is 0 Å². The number of anilines is 2. The molecule has 0 fully saturated rings. The van der Waals surface area contributed by atoms with Crippen molar-refractivity contribution < 1.29 is 9.18 Å². The fourth-order valence-corrected chi connectivity index (χ4v) is 3.20. The van der Waals surface area contributed by atoms with Crippen molar-refractivity contribution in [1.82, 2.24) is 0 Å². The van der Waals surface area contributed by atoms with Crippen LogP contribution in [0, 0.1) is 5.82 Å². The molecule has 3 nitrogen and oxygen atoms in total. The lowest BCUT2D eigenvalue weighted by molar-refractivity contribution is 0.103. The Kier molecular flexibility index (Phi) is 6.52. The molecule has 0 atom stereocenters. The molecule has 0 aliphatic rings. The van der Waals surface area contributed by atoms with E-state index < -0.39 is 5.82 Å². The SMILES string of the molecule is O=C(c1ccccc1Cl)c1cc(Cl)ccc1NC(=S)Nc1ccc(Cl)c(F)c1. The molecule has 2 N–H and O–H groups in total. The summed E-state index contributed by atoms with van der Waals surface area (Å²) in [6.07, 6.45) is 0. The zero-order valence-corrected chi connectivity index (χ0v) is 17.2. The predicted molar refractivity (Wildman–Crippen MR) is 118 cm³/mol. The van der Waals surface area contributed by atoms with Crippen LogP contribution in [0.1, 0.15) is 15.9 Å². The normalized spacial score (nSPS) is 10.4. The van der Waals surface area contributed by atoms with Crippen LogP contribution in [0.15, 0.2) is 60.7 Å². The Morgan fingerprint density at radius 3 is 2.32 bits per heavy atom. The minimum atomic E-state index is -0.574. The van der Waals surface area contributed by atoms with Gasteiger partial charge in [0, 0.05) is 21.8 Å². The third-order valence-corrected chi connectivity index (χ3v) is 4.85. The average molecular weight is 454 g/mol. The quantitative estimate of drug-likeness (QED) is 0.336. The molecule has 0 aliphatic carbocycles. The van der Waals surface area contributed by atoms with Crippen molar-refractivity contribution in [3.63, 3.8) is 0 Å². The van der Waals surface area contributed by atoms with Gasteiger partial charge in [-0.05, 0) is 60.7 Å². The number of nitrogens with one attached hydrogen (secondary N) is 2. The molecule has 0 aliphatic heterocycles. The molecule has 8 heteroatoms. The fourth-order valence-electron chi connectivity index (χ4n) is 2.46. The molecule has 3 aromatic rings. The second-order valence-electron chi connectivity index (χ2n) is 5.71. The Hall–Kier alpha value is -2.18. The molecular formula is C20H12Cl3FN2OS. The van der Waals surface area contributed by atoms with Crippen LogP contribution in [0.3, 0.4) is 0 Å². The molecule has 142 valence electrons. The smallest absolute Gasteiger partial charge is 0.196 e. The van der Waals surface area contributed by atoms with E-state index in [1.807, 2.05) is 0 Å². The van der Waals surface area contributed by atoms with E-state index >= 15 is 0 Å². The minimum Gasteiger partial charge on any atom is -0.332 e. The van der Waals surface area contributed by atoms with Crippen molar-refractivity contribution in [2.24, 2.45) is 0 Å². The predicted octanol–water partition coefficient (Wildman–Crippen LogP) is 6.83. The van der Waals surface area contributed by atoms with E-state index in [4.69, 9.17) is 47.0 Å². The van der Waals surface area contributed by atoms with Crippen LogP contribution in [-0.4, -0.2) is 10.9 Å². The van der Waals surface area contributed by atoms with Crippen LogP contribution in [0.5, 0.6) is 0 Å². The van der Waals surface area contributed by atoms with Gasteiger partial charge < -0.3 is 10.6 Å². The van der Waals surface area contributed by atoms with E-state index in [1.165, 1.54) is 18.2 Å². The number of halogens is 4. The monoisotopic (exact) mass is 452 g/mol. The zero-order valence-electron chi connectivity index (χ0n) is 14.1. The van der Waals surface area contributed by atoms with Crippen molar-refractivity contribution in [1.29, 1.82) is 0 Å². The lowest BCUT2D eigenvalue weighted by Gasteiger charge is -2.15. The molecule has 3 rings (SSSR count). The third kappa shape index (κ3) is 4.80. The first-order valence-corrected chi connectivity index (χ1v) is 9.51. The van der Waals surface area contributed by atoms with Gasteiger partial charge in [-0.2, -0.15) is 0 Å². The number of benzene rings is 3. The Balaban J connectivity index is 1.86. The summed E-state index contributed by atoms with van der Waals surface area (Å²) in [5, 5.41) is 6.67. The number of carbonyl (C=O) groups excluding carboxylic acids is 1. The average Bonchev–Trinajstić information content (AvgIpc) is 2.66. The Bertz CT molecular complexity index is 1080. The number of hydrogen-bond acceptors (Lipinski definition) is 2. The largest absolute Gasteiger partial charge is 0.332 e. The summed E-state index contributed by atoms with van der Waals surface area (Å²) >= 11 is 23.2. The van der Waals surface area contributed by atoms with Crippen molar-refractivity contribution in [2.75, 3.05) is 10.6 Å². The van der Waals surface area contributed by atoms with Gasteiger partial charge in [0.1, 0.15) is 5.82 Å². The van der Waals surface area contributed by atoms with E-state index in [2.05, 4.69) is 10.6 Å². The first-order valence-electron chi connectivity index (χ1n) is 7.97. The molecular weight excluding hydrogens is 442 g/mol. The van der Waals surface area contributed by atoms with E-state index in [-0.39, 0.29) is 15.9 Å². The summed E-state index contributed by atoms with van der Waals surface area (Å²) in [7, 11) is 0. The van der Waals surface area contributed by atoms with Gasteiger partial charge in [-0.25, -0.2) is 4.39 Å². The van der Waals surface area contributed by atoms with Gasteiger partial charge >= 0.3 is 0 Å². The number of carbonyl (C=O) groups is 1. The highest BCUT2D eigenvalue weighted by Crippen LogP contribution is 2.27. The lowest BCUT2D eigenvalue weighted by Crippen LogP contribution is -2.21. The van der Waals surface area contributed by atoms with Crippen LogP contribution in [0.25, 0.3) is 0 Å². The Morgan fingerprint density at radius 1 is 0.857 bits per heavy atom. The van der Waals surface area contributed by atoms with Crippen LogP contribution >= 0.6 is 47.0 Å². The molecule has 0 bridgehead atoms. The van der Waals surface area contributed by atoms with Gasteiger partial charge in [0.15, 0.2) is 10.9 Å². The Morgan fingerprint density at radius 2 is 1.61 bits per heavy atom. The molecule has 0 amide bonds. The molecule has 0 spiro atoms. The van der Waals surface area contributed by atoms with Crippen molar-refractivity contribution >= 4 is 69.3 Å². The Labute approximate surface area is 181 Å². The first-order chi connectivity index (χ1) is 13.3. The molecule has 0 radical (unpaired) electrons. The number of hydrogen-bond donors (Lipinski definition) is 2. The van der Waals surface area contributed by atoms with E-state index in [1.54, 1.807) is 42.5 Å². The third-order valence-electron chi connectivity index (χ3n) is 3.77. The minimum absolute atomic E-state index is 0.00903. The van der Waals surface area contributed by atoms with E-state index in [0.29, 0.717) is 32.5 Å². The summed E-state index contributed by atoms with van der Waals surface area (Å²) in [5.74, 6) is -0.883. The summed E-state index contributed by atoms with van der Waals surface area (Å²) in [4.78, 5) is 13.0. The number of rotatable bonds is 4. The fraction of sp³-hybridized carbons (Fsp3) is 0. The molecule has 0 unspecified atom stereocenters. The van der Waals surface area contributed by atoms with Crippen LogP contribution in [0.4, 0.5) is 15.8 Å². The maximum Gasteiger partial charge on any atom is 0.196 e. The maximum atomic E-state index is 13.6. The van der Waals surface area contributed by atoms with Gasteiger partial charge in [-0.1, -0.05) is 46.9 Å². The summed E-state index contributed by atoms with van der Waals surface area (Å²) in [6.45, 7) is 0. The first kappa shape index (κ1) is 20.6. The number of thiocarbonyl (C=S) groups is 1. The van der Waals surface area contributed by atoms with Crippen LogP contribution < -0.4 is 10.6 Å². The standard InChI is InChI=1S/C20H12Cl3FN2OS/c21-11-5-8-18(14(9-11)19(27)13-3-1-2-4-15(13)22)26-20(28)25-12-6-7-16(23)17(24)10-12/h1-10H,(H2,25,26,28). The van der Waals surface area contributed by atoms with Gasteiger partial charge in [0.25, 0.3) is 0 Å². The molecule has 0 heterocycles. The van der Waals surface area contributed by atoms with Gasteiger partial charge in [0.05, 0.1) is 15.7 Å². The van der Waals surface area contributed by atoms with Crippen molar-refractivity contribution in [3.8, 4) is 0 Å². The lowest BCUT2D eigenvalue weighted by atomic mass is 10.0. The second-order valence-corrected chi connectivity index (χ2v) is 7.37. The van der Waals surface area contributed by atoms with Crippen LogP contribution in [0.2, 0.25) is 15.1 Å². The van der Waals surface area contributed by atoms with Gasteiger partial charge in [-0.3, -0.25) is 4.79 Å². The topological polar surface area (TPSA) is 41.1 Å². The van der Waals surface area contributed by atoms with Crippen molar-refractivity contribution in [3.05, 3.63) is 92.7 Å². The molecule has 28 heavy (non-hydrogen) atoms. The van der Waals surface area contributed by atoms with E-state index in [0.717, 1.165) is 0 Å². The highest BCUT2D eigenvalue weighted by Gasteiger charge is 2.17. The molecule has 0 saturated heterocycles. The maximum absolute atomic E-state index is 13.6. The van der Waals surface area contributed by atoms with Gasteiger partial charge in [0.2, 0.25) is 0 Å². The highest BCUT2D eigenvalue weighted by molar-refractivity contribution is 7.80. The number of ketones is 1. The summed E-state index contributed by atoms with van der Waals surface area (Å²) in [5.41, 5.74) is 1.48. The summed E-state index contributed by atoms with van der Waals surface area (Å²) in [6, 6.07) is 15.7. The highest BCUT2D eigenvalue weighted by atomic mass is 35.5. The van der Waals surface area contributed by atoms with Crippen LogP contribution in [-0.2, 0) is 0 Å². The summed E-state index contributed by atoms with van der Waals surface area (Å²) < 4.78 is 13.6. The van der Waals surface area contributed by atoms with Gasteiger partial charge in [-0.15, -0.1) is 0 Å². The molecule has 0 aromatic heterocycles. The molecule has 0 saturated carbocycles. The van der Waals surface area contributed by atoms with E-state index in [9.17, 15) is 9.18 Å².